The minimum absolute atomic E-state index is 0. The lowest BCUT2D eigenvalue weighted by atomic mass is 9.99. The van der Waals surface area contributed by atoms with Crippen molar-refractivity contribution in [3.63, 3.8) is 0 Å². The molecule has 6 nitrogen and oxygen atoms in total. The normalized spacial score (nSPS) is 12.7. The van der Waals surface area contributed by atoms with Crippen molar-refractivity contribution in [2.75, 3.05) is 24.3 Å². The van der Waals surface area contributed by atoms with Crippen LogP contribution in [-0.2, 0) is 4.79 Å². The number of aromatic nitrogens is 1. The standard InChI is InChI=1S/C15H22N4O2.2ClH/c1-5-9(2)13(16)14(20)17-10-6-7-12-11(8-10)18-15(21-12)19(3)4;;/h6-9,13H,5,16H2,1-4H3,(H,17,20);2*1H. The fourth-order valence-corrected chi connectivity index (χ4v) is 1.92. The summed E-state index contributed by atoms with van der Waals surface area (Å²) in [6.07, 6.45) is 0.864. The molecule has 23 heavy (non-hydrogen) atoms. The van der Waals surface area contributed by atoms with E-state index >= 15 is 0 Å². The number of amides is 1. The third-order valence-electron chi connectivity index (χ3n) is 3.59. The van der Waals surface area contributed by atoms with Crippen molar-refractivity contribution in [1.29, 1.82) is 0 Å². The van der Waals surface area contributed by atoms with E-state index in [9.17, 15) is 4.79 Å². The first-order valence-corrected chi connectivity index (χ1v) is 7.06. The van der Waals surface area contributed by atoms with Gasteiger partial charge in [-0.1, -0.05) is 20.3 Å². The molecule has 0 aliphatic heterocycles. The molecule has 2 unspecified atom stereocenters. The number of nitrogens with zero attached hydrogens (tertiary/aromatic N) is 2. The third kappa shape index (κ3) is 4.99. The van der Waals surface area contributed by atoms with Gasteiger partial charge in [0.05, 0.1) is 6.04 Å². The van der Waals surface area contributed by atoms with E-state index in [0.29, 0.717) is 22.8 Å². The quantitative estimate of drug-likeness (QED) is 0.853. The molecule has 0 radical (unpaired) electrons. The second-order valence-electron chi connectivity index (χ2n) is 5.47. The molecule has 0 spiro atoms. The van der Waals surface area contributed by atoms with Crippen molar-refractivity contribution in [3.8, 4) is 0 Å². The van der Waals surface area contributed by atoms with Crippen LogP contribution in [0.25, 0.3) is 11.1 Å². The van der Waals surface area contributed by atoms with Crippen LogP contribution in [-0.4, -0.2) is 31.0 Å². The lowest BCUT2D eigenvalue weighted by molar-refractivity contribution is -0.118. The molecule has 0 saturated heterocycles. The van der Waals surface area contributed by atoms with Gasteiger partial charge in [0.15, 0.2) is 5.58 Å². The largest absolute Gasteiger partial charge is 0.423 e. The molecule has 1 aromatic carbocycles. The molecule has 130 valence electrons. The number of benzene rings is 1. The first kappa shape index (κ1) is 21.5. The molecule has 8 heteroatoms. The van der Waals surface area contributed by atoms with Crippen molar-refractivity contribution < 1.29 is 9.21 Å². The van der Waals surface area contributed by atoms with Crippen LogP contribution in [0.2, 0.25) is 0 Å². The van der Waals surface area contributed by atoms with Crippen molar-refractivity contribution in [2.45, 2.75) is 26.3 Å². The number of oxazole rings is 1. The fraction of sp³-hybridized carbons (Fsp3) is 0.467. The van der Waals surface area contributed by atoms with E-state index < -0.39 is 6.04 Å². The average Bonchev–Trinajstić information content (AvgIpc) is 2.89. The zero-order chi connectivity index (χ0) is 15.6. The number of anilines is 2. The van der Waals surface area contributed by atoms with E-state index in [-0.39, 0.29) is 36.6 Å². The lowest BCUT2D eigenvalue weighted by Gasteiger charge is -2.17. The Morgan fingerprint density at radius 2 is 2.04 bits per heavy atom. The molecule has 0 saturated carbocycles. The lowest BCUT2D eigenvalue weighted by Crippen LogP contribution is -2.40. The van der Waals surface area contributed by atoms with Gasteiger partial charge in [-0.05, 0) is 24.1 Å². The topological polar surface area (TPSA) is 84.4 Å². The van der Waals surface area contributed by atoms with Gasteiger partial charge in [0.2, 0.25) is 5.91 Å². The molecular formula is C15H24Cl2N4O2. The Balaban J connectivity index is 0.00000242. The van der Waals surface area contributed by atoms with Gasteiger partial charge in [-0.3, -0.25) is 4.79 Å². The summed E-state index contributed by atoms with van der Waals surface area (Å²) in [5.74, 6) is -0.0406. The second-order valence-corrected chi connectivity index (χ2v) is 5.47. The number of halogens is 2. The van der Waals surface area contributed by atoms with Crippen molar-refractivity contribution >= 4 is 53.5 Å². The molecule has 3 N–H and O–H groups in total. The summed E-state index contributed by atoms with van der Waals surface area (Å²) in [7, 11) is 3.72. The van der Waals surface area contributed by atoms with E-state index in [1.165, 1.54) is 0 Å². The van der Waals surface area contributed by atoms with Gasteiger partial charge in [-0.2, -0.15) is 4.98 Å². The molecule has 1 amide bonds. The van der Waals surface area contributed by atoms with Crippen molar-refractivity contribution in [2.24, 2.45) is 11.7 Å². The van der Waals surface area contributed by atoms with Gasteiger partial charge in [0.1, 0.15) is 5.52 Å². The number of carbonyl (C=O) groups excluding carboxylic acids is 1. The zero-order valence-electron chi connectivity index (χ0n) is 13.7. The minimum atomic E-state index is -0.514. The number of nitrogens with one attached hydrogen (secondary N) is 1. The van der Waals surface area contributed by atoms with Gasteiger partial charge in [0.25, 0.3) is 6.01 Å². The monoisotopic (exact) mass is 362 g/mol. The summed E-state index contributed by atoms with van der Waals surface area (Å²) in [4.78, 5) is 18.2. The number of hydrogen-bond donors (Lipinski definition) is 2. The first-order valence-electron chi connectivity index (χ1n) is 7.06. The number of carbonyl (C=O) groups is 1. The highest BCUT2D eigenvalue weighted by Crippen LogP contribution is 2.23. The van der Waals surface area contributed by atoms with Crippen LogP contribution in [0.4, 0.5) is 11.7 Å². The Kier molecular flexibility index (Phi) is 8.37. The Morgan fingerprint density at radius 1 is 1.39 bits per heavy atom. The highest BCUT2D eigenvalue weighted by atomic mass is 35.5. The van der Waals surface area contributed by atoms with Gasteiger partial charge >= 0.3 is 0 Å². The molecule has 1 heterocycles. The predicted octanol–water partition coefficient (Wildman–Crippen LogP) is 3.05. The molecule has 0 fully saturated rings. The maximum absolute atomic E-state index is 12.1. The van der Waals surface area contributed by atoms with Crippen LogP contribution >= 0.6 is 24.8 Å². The number of hydrogen-bond acceptors (Lipinski definition) is 5. The molecule has 0 bridgehead atoms. The Labute approximate surface area is 148 Å². The summed E-state index contributed by atoms with van der Waals surface area (Å²) in [6, 6.07) is 5.38. The van der Waals surface area contributed by atoms with Crippen LogP contribution < -0.4 is 16.0 Å². The maximum atomic E-state index is 12.1. The molecule has 0 aliphatic carbocycles. The van der Waals surface area contributed by atoms with Crippen molar-refractivity contribution in [1.82, 2.24) is 4.98 Å². The molecule has 2 aromatic rings. The third-order valence-corrected chi connectivity index (χ3v) is 3.59. The summed E-state index contributed by atoms with van der Waals surface area (Å²) < 4.78 is 5.57. The van der Waals surface area contributed by atoms with E-state index in [2.05, 4.69) is 10.3 Å². The number of nitrogens with two attached hydrogens (primary N) is 1. The van der Waals surface area contributed by atoms with Crippen LogP contribution in [0.5, 0.6) is 0 Å². The molecule has 2 rings (SSSR count). The Hall–Kier alpha value is -1.50. The Morgan fingerprint density at radius 3 is 2.61 bits per heavy atom. The summed E-state index contributed by atoms with van der Waals surface area (Å²) in [5, 5.41) is 2.83. The first-order chi connectivity index (χ1) is 9.92. The fourth-order valence-electron chi connectivity index (χ4n) is 1.92. The van der Waals surface area contributed by atoms with Crippen LogP contribution in [0.3, 0.4) is 0 Å². The molecule has 0 aliphatic rings. The predicted molar refractivity (Wildman–Crippen MR) is 98.9 cm³/mol. The van der Waals surface area contributed by atoms with E-state index in [0.717, 1.165) is 6.42 Å². The van der Waals surface area contributed by atoms with Gasteiger partial charge < -0.3 is 20.4 Å². The zero-order valence-corrected chi connectivity index (χ0v) is 15.3. The van der Waals surface area contributed by atoms with Crippen LogP contribution in [0.1, 0.15) is 20.3 Å². The van der Waals surface area contributed by atoms with Gasteiger partial charge in [-0.15, -0.1) is 24.8 Å². The SMILES string of the molecule is CCC(C)C(N)C(=O)Nc1ccc2oc(N(C)C)nc2c1.Cl.Cl. The molecule has 1 aromatic heterocycles. The number of fused-ring (bicyclic) bond motifs is 1. The highest BCUT2D eigenvalue weighted by Gasteiger charge is 2.19. The number of rotatable bonds is 5. The average molecular weight is 363 g/mol. The highest BCUT2D eigenvalue weighted by molar-refractivity contribution is 5.96. The van der Waals surface area contributed by atoms with E-state index in [1.807, 2.05) is 27.9 Å². The Bertz CT molecular complexity index is 645. The van der Waals surface area contributed by atoms with Crippen LogP contribution in [0, 0.1) is 5.92 Å². The van der Waals surface area contributed by atoms with Crippen molar-refractivity contribution in [3.05, 3.63) is 18.2 Å². The second kappa shape index (κ2) is 8.96. The van der Waals surface area contributed by atoms with Crippen LogP contribution in [0.15, 0.2) is 22.6 Å². The summed E-state index contributed by atoms with van der Waals surface area (Å²) in [5.41, 5.74) is 7.98. The maximum Gasteiger partial charge on any atom is 0.297 e. The summed E-state index contributed by atoms with van der Waals surface area (Å²) >= 11 is 0. The van der Waals surface area contributed by atoms with E-state index in [4.69, 9.17) is 10.2 Å². The smallest absolute Gasteiger partial charge is 0.297 e. The summed E-state index contributed by atoms with van der Waals surface area (Å²) in [6.45, 7) is 3.98. The van der Waals surface area contributed by atoms with Gasteiger partial charge in [-0.25, -0.2) is 0 Å². The van der Waals surface area contributed by atoms with Gasteiger partial charge in [0, 0.05) is 19.8 Å². The van der Waals surface area contributed by atoms with E-state index in [1.54, 1.807) is 23.1 Å². The molecule has 2 atom stereocenters. The minimum Gasteiger partial charge on any atom is -0.423 e. The molecular weight excluding hydrogens is 339 g/mol.